The Hall–Kier alpha value is -2.31. The molecule has 154 valence electrons. The highest BCUT2D eigenvalue weighted by Gasteiger charge is 2.50. The molecule has 0 saturated carbocycles. The molecule has 0 unspecified atom stereocenters. The molecule has 3 rings (SSSR count). The lowest BCUT2D eigenvalue weighted by Crippen LogP contribution is -2.41. The second kappa shape index (κ2) is 7.84. The SMILES string of the molecule is CCCn1c(C)cc(C(=O)CN2C(=O)N[C@@](C)(c3ccc(Cl)cc3Cl)C2=O)c1C. The third kappa shape index (κ3) is 3.67. The Morgan fingerprint density at radius 3 is 2.48 bits per heavy atom. The number of carbonyl (C=O) groups excluding carboxylic acids is 3. The standard InChI is InChI=1S/C21H23Cl2N3O3/c1-5-8-25-12(2)9-15(13(25)3)18(27)11-26-19(28)21(4,24-20(26)29)16-7-6-14(22)10-17(16)23/h6-7,9-10H,5,8,11H2,1-4H3,(H,24,29)/t21-/m0/s1. The minimum absolute atomic E-state index is 0.268. The summed E-state index contributed by atoms with van der Waals surface area (Å²) in [4.78, 5) is 39.5. The van der Waals surface area contributed by atoms with E-state index in [-0.39, 0.29) is 17.4 Å². The first-order valence-electron chi connectivity index (χ1n) is 9.39. The van der Waals surface area contributed by atoms with Crippen LogP contribution in [0.1, 0.15) is 47.6 Å². The minimum atomic E-state index is -1.36. The Balaban J connectivity index is 1.87. The molecule has 29 heavy (non-hydrogen) atoms. The van der Waals surface area contributed by atoms with Crippen LogP contribution in [0, 0.1) is 13.8 Å². The van der Waals surface area contributed by atoms with E-state index in [9.17, 15) is 14.4 Å². The lowest BCUT2D eigenvalue weighted by Gasteiger charge is -2.23. The van der Waals surface area contributed by atoms with Gasteiger partial charge in [-0.25, -0.2) is 4.79 Å². The third-order valence-corrected chi connectivity index (χ3v) is 5.92. The van der Waals surface area contributed by atoms with Crippen LogP contribution in [-0.2, 0) is 16.9 Å². The fraction of sp³-hybridized carbons (Fsp3) is 0.381. The monoisotopic (exact) mass is 435 g/mol. The number of aromatic nitrogens is 1. The molecule has 1 aromatic carbocycles. The second-order valence-corrected chi connectivity index (χ2v) is 8.27. The Labute approximate surface area is 179 Å². The van der Waals surface area contributed by atoms with E-state index in [4.69, 9.17) is 23.2 Å². The van der Waals surface area contributed by atoms with Crippen LogP contribution in [0.4, 0.5) is 4.79 Å². The molecule has 0 aliphatic carbocycles. The zero-order chi connectivity index (χ0) is 21.5. The number of nitrogens with zero attached hydrogens (tertiary/aromatic N) is 2. The van der Waals surface area contributed by atoms with E-state index in [0.29, 0.717) is 16.1 Å². The first-order chi connectivity index (χ1) is 13.6. The zero-order valence-electron chi connectivity index (χ0n) is 16.8. The second-order valence-electron chi connectivity index (χ2n) is 7.43. The van der Waals surface area contributed by atoms with Crippen molar-refractivity contribution in [1.29, 1.82) is 0 Å². The molecular weight excluding hydrogens is 413 g/mol. The predicted molar refractivity (Wildman–Crippen MR) is 113 cm³/mol. The van der Waals surface area contributed by atoms with Crippen LogP contribution in [0.5, 0.6) is 0 Å². The van der Waals surface area contributed by atoms with Crippen LogP contribution in [-0.4, -0.2) is 33.7 Å². The molecule has 1 atom stereocenters. The molecule has 1 saturated heterocycles. The number of halogens is 2. The number of Topliss-reactive ketones (excluding diaryl/α,β-unsaturated/α-hetero) is 1. The molecule has 6 nitrogen and oxygen atoms in total. The van der Waals surface area contributed by atoms with Gasteiger partial charge < -0.3 is 9.88 Å². The van der Waals surface area contributed by atoms with Gasteiger partial charge in [-0.1, -0.05) is 36.2 Å². The van der Waals surface area contributed by atoms with Crippen molar-refractivity contribution in [2.75, 3.05) is 6.54 Å². The molecule has 1 aliphatic rings. The first-order valence-corrected chi connectivity index (χ1v) is 10.1. The van der Waals surface area contributed by atoms with E-state index in [1.54, 1.807) is 25.1 Å². The van der Waals surface area contributed by atoms with Gasteiger partial charge in [-0.05, 0) is 45.4 Å². The maximum absolute atomic E-state index is 13.1. The average Bonchev–Trinajstić information content (AvgIpc) is 3.04. The van der Waals surface area contributed by atoms with Crippen molar-refractivity contribution in [2.24, 2.45) is 0 Å². The van der Waals surface area contributed by atoms with E-state index < -0.39 is 17.5 Å². The van der Waals surface area contributed by atoms with Crippen LogP contribution < -0.4 is 5.32 Å². The molecule has 0 spiro atoms. The highest BCUT2D eigenvalue weighted by atomic mass is 35.5. The Morgan fingerprint density at radius 2 is 1.86 bits per heavy atom. The van der Waals surface area contributed by atoms with Crippen LogP contribution >= 0.6 is 23.2 Å². The zero-order valence-corrected chi connectivity index (χ0v) is 18.3. The van der Waals surface area contributed by atoms with Gasteiger partial charge in [0.1, 0.15) is 5.54 Å². The number of carbonyl (C=O) groups is 3. The normalized spacial score (nSPS) is 19.0. The smallest absolute Gasteiger partial charge is 0.325 e. The topological polar surface area (TPSA) is 71.4 Å². The fourth-order valence-corrected chi connectivity index (χ4v) is 4.40. The Bertz CT molecular complexity index is 1010. The molecule has 0 bridgehead atoms. The quantitative estimate of drug-likeness (QED) is 0.537. The average molecular weight is 436 g/mol. The van der Waals surface area contributed by atoms with Crippen molar-refractivity contribution >= 4 is 40.9 Å². The van der Waals surface area contributed by atoms with Gasteiger partial charge in [0.05, 0.1) is 6.54 Å². The van der Waals surface area contributed by atoms with Crippen molar-refractivity contribution in [3.05, 3.63) is 56.8 Å². The van der Waals surface area contributed by atoms with Gasteiger partial charge in [-0.15, -0.1) is 0 Å². The summed E-state index contributed by atoms with van der Waals surface area (Å²) in [6.45, 7) is 7.92. The number of ketones is 1. The predicted octanol–water partition coefficient (Wildman–Crippen LogP) is 4.47. The van der Waals surface area contributed by atoms with E-state index in [1.165, 1.54) is 6.07 Å². The van der Waals surface area contributed by atoms with Gasteiger partial charge in [-0.2, -0.15) is 0 Å². The molecule has 0 radical (unpaired) electrons. The number of aryl methyl sites for hydroxylation is 1. The van der Waals surface area contributed by atoms with Gasteiger partial charge in [0.2, 0.25) is 0 Å². The largest absolute Gasteiger partial charge is 0.348 e. The van der Waals surface area contributed by atoms with Crippen LogP contribution in [0.15, 0.2) is 24.3 Å². The maximum Gasteiger partial charge on any atom is 0.325 e. The minimum Gasteiger partial charge on any atom is -0.348 e. The van der Waals surface area contributed by atoms with Crippen molar-refractivity contribution < 1.29 is 14.4 Å². The molecule has 3 amide bonds. The van der Waals surface area contributed by atoms with Crippen LogP contribution in [0.25, 0.3) is 0 Å². The molecular formula is C21H23Cl2N3O3. The molecule has 1 N–H and O–H groups in total. The van der Waals surface area contributed by atoms with Gasteiger partial charge >= 0.3 is 6.03 Å². The first kappa shape index (κ1) is 21.4. The Morgan fingerprint density at radius 1 is 1.17 bits per heavy atom. The highest BCUT2D eigenvalue weighted by Crippen LogP contribution is 2.35. The molecule has 1 aromatic heterocycles. The molecule has 2 heterocycles. The number of amides is 3. The van der Waals surface area contributed by atoms with Crippen molar-refractivity contribution in [3.63, 3.8) is 0 Å². The van der Waals surface area contributed by atoms with Crippen molar-refractivity contribution in [2.45, 2.75) is 46.2 Å². The number of rotatable bonds is 6. The van der Waals surface area contributed by atoms with Gasteiger partial charge in [0.15, 0.2) is 5.78 Å². The molecule has 1 aliphatic heterocycles. The third-order valence-electron chi connectivity index (χ3n) is 5.37. The van der Waals surface area contributed by atoms with Gasteiger partial charge in [0, 0.05) is 39.1 Å². The van der Waals surface area contributed by atoms with Crippen molar-refractivity contribution in [3.8, 4) is 0 Å². The number of benzene rings is 1. The maximum atomic E-state index is 13.1. The van der Waals surface area contributed by atoms with E-state index in [2.05, 4.69) is 16.8 Å². The summed E-state index contributed by atoms with van der Waals surface area (Å²) < 4.78 is 2.07. The fourth-order valence-electron chi connectivity index (χ4n) is 3.80. The summed E-state index contributed by atoms with van der Waals surface area (Å²) in [5.41, 5.74) is 1.40. The van der Waals surface area contributed by atoms with E-state index in [0.717, 1.165) is 29.3 Å². The van der Waals surface area contributed by atoms with Gasteiger partial charge in [-0.3, -0.25) is 14.5 Å². The van der Waals surface area contributed by atoms with Crippen LogP contribution in [0.3, 0.4) is 0 Å². The number of nitrogens with one attached hydrogen (secondary N) is 1. The Kier molecular flexibility index (Phi) is 5.79. The molecule has 1 fully saturated rings. The van der Waals surface area contributed by atoms with E-state index >= 15 is 0 Å². The number of hydrogen-bond donors (Lipinski definition) is 1. The molecule has 8 heteroatoms. The number of hydrogen-bond acceptors (Lipinski definition) is 3. The lowest BCUT2D eigenvalue weighted by atomic mass is 9.92. The highest BCUT2D eigenvalue weighted by molar-refractivity contribution is 6.35. The number of imide groups is 1. The summed E-state index contributed by atoms with van der Waals surface area (Å²) in [6.07, 6.45) is 0.942. The number of urea groups is 1. The van der Waals surface area contributed by atoms with Gasteiger partial charge in [0.25, 0.3) is 5.91 Å². The summed E-state index contributed by atoms with van der Waals surface area (Å²) >= 11 is 12.2. The summed E-state index contributed by atoms with van der Waals surface area (Å²) in [7, 11) is 0. The molecule has 2 aromatic rings. The van der Waals surface area contributed by atoms with Crippen molar-refractivity contribution in [1.82, 2.24) is 14.8 Å². The van der Waals surface area contributed by atoms with E-state index in [1.807, 2.05) is 13.8 Å². The summed E-state index contributed by atoms with van der Waals surface area (Å²) in [6, 6.07) is 5.90. The summed E-state index contributed by atoms with van der Waals surface area (Å²) in [5.74, 6) is -0.808. The lowest BCUT2D eigenvalue weighted by molar-refractivity contribution is -0.130. The summed E-state index contributed by atoms with van der Waals surface area (Å²) in [5, 5.41) is 3.36. The van der Waals surface area contributed by atoms with Crippen LogP contribution in [0.2, 0.25) is 10.0 Å².